The van der Waals surface area contributed by atoms with Crippen molar-refractivity contribution in [3.63, 3.8) is 0 Å². The average Bonchev–Trinajstić information content (AvgIpc) is 3.20. The first-order valence-electron chi connectivity index (χ1n) is 9.34. The van der Waals surface area contributed by atoms with E-state index in [0.717, 1.165) is 38.5 Å². The molecular weight excluding hydrogens is 328 g/mol. The molecule has 0 saturated carbocycles. The number of likely N-dealkylation sites (tertiary alicyclic amines) is 1. The molecule has 2 aromatic rings. The van der Waals surface area contributed by atoms with Crippen molar-refractivity contribution in [2.24, 2.45) is 5.41 Å². The van der Waals surface area contributed by atoms with Crippen LogP contribution >= 0.6 is 11.3 Å². The Balaban J connectivity index is 1.61. The highest BCUT2D eigenvalue weighted by Crippen LogP contribution is 2.37. The lowest BCUT2D eigenvalue weighted by molar-refractivity contribution is 0.0490. The number of rotatable bonds is 8. The normalized spacial score (nSPS) is 21.1. The molecular formula is C21H30N2OS. The second-order valence-electron chi connectivity index (χ2n) is 7.50. The third-order valence-electron chi connectivity index (χ3n) is 5.20. The van der Waals surface area contributed by atoms with E-state index < -0.39 is 0 Å². The third kappa shape index (κ3) is 5.13. The van der Waals surface area contributed by atoms with Gasteiger partial charge in [-0.1, -0.05) is 6.07 Å². The molecule has 136 valence electrons. The van der Waals surface area contributed by atoms with Gasteiger partial charge in [-0.3, -0.25) is 9.88 Å². The van der Waals surface area contributed by atoms with E-state index in [1.165, 1.54) is 35.3 Å². The van der Waals surface area contributed by atoms with Gasteiger partial charge in [0.05, 0.1) is 6.61 Å². The number of ether oxygens (including phenoxy) is 1. The Morgan fingerprint density at radius 1 is 1.32 bits per heavy atom. The van der Waals surface area contributed by atoms with E-state index in [1.807, 2.05) is 24.5 Å². The molecule has 1 aliphatic rings. The minimum Gasteiger partial charge on any atom is -0.381 e. The molecule has 1 saturated heterocycles. The number of pyridine rings is 1. The Bertz CT molecular complexity index is 667. The molecule has 1 aliphatic heterocycles. The van der Waals surface area contributed by atoms with Gasteiger partial charge in [0.1, 0.15) is 0 Å². The van der Waals surface area contributed by atoms with Gasteiger partial charge in [-0.25, -0.2) is 0 Å². The maximum atomic E-state index is 5.89. The van der Waals surface area contributed by atoms with Crippen molar-refractivity contribution in [3.05, 3.63) is 51.5 Å². The summed E-state index contributed by atoms with van der Waals surface area (Å²) >= 11 is 1.90. The standard InChI is InChI=1S/C21H30N2OS/c1-4-24-16-21(8-7-20-11-17(2)14-25-20)9-10-23(15-21)13-19-6-5-18(3)22-12-19/h5-6,11-12,14H,4,7-10,13,15-16H2,1-3H3/t21-/m0/s1. The third-order valence-corrected chi connectivity index (χ3v) is 6.31. The average molecular weight is 359 g/mol. The fourth-order valence-electron chi connectivity index (χ4n) is 3.74. The Kier molecular flexibility index (Phi) is 6.26. The summed E-state index contributed by atoms with van der Waals surface area (Å²) in [5.41, 5.74) is 4.08. The number of nitrogens with zero attached hydrogens (tertiary/aromatic N) is 2. The first-order valence-corrected chi connectivity index (χ1v) is 10.2. The molecule has 3 heterocycles. The number of hydrogen-bond donors (Lipinski definition) is 0. The molecule has 0 aliphatic carbocycles. The smallest absolute Gasteiger partial charge is 0.0535 e. The molecule has 1 fully saturated rings. The fourth-order valence-corrected chi connectivity index (χ4v) is 4.61. The topological polar surface area (TPSA) is 25.4 Å². The van der Waals surface area contributed by atoms with Gasteiger partial charge in [-0.05, 0) is 75.2 Å². The Morgan fingerprint density at radius 2 is 2.20 bits per heavy atom. The van der Waals surface area contributed by atoms with E-state index in [-0.39, 0.29) is 0 Å². The molecule has 0 spiro atoms. The lowest BCUT2D eigenvalue weighted by Crippen LogP contribution is -2.32. The van der Waals surface area contributed by atoms with Crippen LogP contribution in [-0.2, 0) is 17.7 Å². The number of aryl methyl sites for hydroxylation is 3. The van der Waals surface area contributed by atoms with Crippen LogP contribution in [0.4, 0.5) is 0 Å². The molecule has 0 bridgehead atoms. The van der Waals surface area contributed by atoms with Crippen LogP contribution in [0.1, 0.15) is 41.5 Å². The number of thiophene rings is 1. The van der Waals surface area contributed by atoms with Crippen molar-refractivity contribution in [1.82, 2.24) is 9.88 Å². The Hall–Kier alpha value is -1.23. The van der Waals surface area contributed by atoms with Crippen LogP contribution in [0.5, 0.6) is 0 Å². The second kappa shape index (κ2) is 8.43. The summed E-state index contributed by atoms with van der Waals surface area (Å²) in [6.45, 7) is 11.3. The lowest BCUT2D eigenvalue weighted by Gasteiger charge is -2.29. The van der Waals surface area contributed by atoms with Gasteiger partial charge in [-0.2, -0.15) is 0 Å². The highest BCUT2D eigenvalue weighted by Gasteiger charge is 2.38. The summed E-state index contributed by atoms with van der Waals surface area (Å²) in [6, 6.07) is 6.65. The number of aromatic nitrogens is 1. The van der Waals surface area contributed by atoms with Crippen LogP contribution in [0, 0.1) is 19.3 Å². The lowest BCUT2D eigenvalue weighted by atomic mass is 9.83. The molecule has 3 nitrogen and oxygen atoms in total. The predicted octanol–water partition coefficient (Wildman–Crippen LogP) is 4.62. The summed E-state index contributed by atoms with van der Waals surface area (Å²) in [7, 11) is 0. The monoisotopic (exact) mass is 358 g/mol. The van der Waals surface area contributed by atoms with Gasteiger partial charge < -0.3 is 4.74 Å². The minimum atomic E-state index is 0.298. The van der Waals surface area contributed by atoms with E-state index >= 15 is 0 Å². The van der Waals surface area contributed by atoms with Crippen LogP contribution in [0.3, 0.4) is 0 Å². The van der Waals surface area contributed by atoms with Crippen LogP contribution in [0.2, 0.25) is 0 Å². The van der Waals surface area contributed by atoms with E-state index in [0.29, 0.717) is 5.41 Å². The summed E-state index contributed by atoms with van der Waals surface area (Å²) in [5, 5.41) is 2.26. The highest BCUT2D eigenvalue weighted by atomic mass is 32.1. The van der Waals surface area contributed by atoms with Crippen LogP contribution in [-0.4, -0.2) is 36.2 Å². The summed E-state index contributed by atoms with van der Waals surface area (Å²) in [5.74, 6) is 0. The number of hydrogen-bond acceptors (Lipinski definition) is 4. The second-order valence-corrected chi connectivity index (χ2v) is 8.49. The molecule has 2 aromatic heterocycles. The SMILES string of the molecule is CCOC[C@@]1(CCc2cc(C)cs2)CCN(Cc2ccc(C)nc2)C1. The maximum Gasteiger partial charge on any atom is 0.0535 e. The molecule has 1 atom stereocenters. The van der Waals surface area contributed by atoms with E-state index in [1.54, 1.807) is 0 Å². The van der Waals surface area contributed by atoms with Gasteiger partial charge in [0.25, 0.3) is 0 Å². The van der Waals surface area contributed by atoms with Gasteiger partial charge in [0.2, 0.25) is 0 Å². The zero-order valence-corrected chi connectivity index (χ0v) is 16.6. The van der Waals surface area contributed by atoms with Crippen molar-refractivity contribution in [2.45, 2.75) is 46.6 Å². The van der Waals surface area contributed by atoms with Gasteiger partial charge in [0, 0.05) is 41.9 Å². The van der Waals surface area contributed by atoms with Crippen LogP contribution < -0.4 is 0 Å². The molecule has 4 heteroatoms. The minimum absolute atomic E-state index is 0.298. The highest BCUT2D eigenvalue weighted by molar-refractivity contribution is 7.10. The Morgan fingerprint density at radius 3 is 2.88 bits per heavy atom. The van der Waals surface area contributed by atoms with Gasteiger partial charge >= 0.3 is 0 Å². The van der Waals surface area contributed by atoms with Crippen molar-refractivity contribution >= 4 is 11.3 Å². The van der Waals surface area contributed by atoms with E-state index in [4.69, 9.17) is 4.74 Å². The first-order chi connectivity index (χ1) is 12.1. The fraction of sp³-hybridized carbons (Fsp3) is 0.571. The zero-order valence-electron chi connectivity index (χ0n) is 15.8. The molecule has 0 aromatic carbocycles. The summed E-state index contributed by atoms with van der Waals surface area (Å²) in [4.78, 5) is 8.52. The van der Waals surface area contributed by atoms with Crippen molar-refractivity contribution < 1.29 is 4.74 Å². The van der Waals surface area contributed by atoms with Crippen molar-refractivity contribution in [3.8, 4) is 0 Å². The van der Waals surface area contributed by atoms with E-state index in [9.17, 15) is 0 Å². The molecule has 25 heavy (non-hydrogen) atoms. The largest absolute Gasteiger partial charge is 0.381 e. The molecule has 0 amide bonds. The summed E-state index contributed by atoms with van der Waals surface area (Å²) in [6.07, 6.45) is 5.64. The van der Waals surface area contributed by atoms with Crippen LogP contribution in [0.25, 0.3) is 0 Å². The first kappa shape index (κ1) is 18.6. The van der Waals surface area contributed by atoms with Crippen molar-refractivity contribution in [1.29, 1.82) is 0 Å². The zero-order chi connectivity index (χ0) is 17.7. The van der Waals surface area contributed by atoms with Crippen LogP contribution in [0.15, 0.2) is 29.8 Å². The van der Waals surface area contributed by atoms with Gasteiger partial charge in [-0.15, -0.1) is 11.3 Å². The molecule has 0 unspecified atom stereocenters. The van der Waals surface area contributed by atoms with Crippen molar-refractivity contribution in [2.75, 3.05) is 26.3 Å². The van der Waals surface area contributed by atoms with E-state index in [2.05, 4.69) is 47.3 Å². The Labute approximate surface area is 156 Å². The quantitative estimate of drug-likeness (QED) is 0.688. The molecule has 3 rings (SSSR count). The molecule has 0 radical (unpaired) electrons. The molecule has 0 N–H and O–H groups in total. The maximum absolute atomic E-state index is 5.89. The summed E-state index contributed by atoms with van der Waals surface area (Å²) < 4.78 is 5.89. The predicted molar refractivity (Wildman–Crippen MR) is 105 cm³/mol. The van der Waals surface area contributed by atoms with Gasteiger partial charge in [0.15, 0.2) is 0 Å².